The van der Waals surface area contributed by atoms with Gasteiger partial charge in [0.1, 0.15) is 5.82 Å². The van der Waals surface area contributed by atoms with Crippen molar-refractivity contribution < 1.29 is 19.1 Å². The number of benzene rings is 1. The van der Waals surface area contributed by atoms with E-state index in [0.29, 0.717) is 18.7 Å². The number of anilines is 1. The Kier molecular flexibility index (Phi) is 6.24. The highest BCUT2D eigenvalue weighted by molar-refractivity contribution is 6.30. The molecule has 1 aromatic rings. The first kappa shape index (κ1) is 16.2. The summed E-state index contributed by atoms with van der Waals surface area (Å²) in [5, 5.41) is 13.6. The van der Waals surface area contributed by atoms with E-state index in [4.69, 9.17) is 16.7 Å². The molecule has 0 aliphatic heterocycles. The first-order chi connectivity index (χ1) is 9.38. The Hall–Kier alpha value is -1.82. The minimum absolute atomic E-state index is 0.0155. The van der Waals surface area contributed by atoms with Crippen molar-refractivity contribution in [2.75, 3.05) is 11.9 Å². The standard InChI is InChI=1S/C13H16ClFN2O3/c1-8(2-5-12(18)19)7-16-13(20)17-9-3-4-10(14)11(15)6-9/h3-4,6,8H,2,5,7H2,1H3,(H,18,19)(H2,16,17,20). The fourth-order valence-corrected chi connectivity index (χ4v) is 1.61. The molecular formula is C13H16ClFN2O3. The van der Waals surface area contributed by atoms with Crippen molar-refractivity contribution >= 4 is 29.3 Å². The van der Waals surface area contributed by atoms with Crippen LogP contribution >= 0.6 is 11.6 Å². The predicted octanol–water partition coefficient (Wildman–Crippen LogP) is 3.10. The van der Waals surface area contributed by atoms with Gasteiger partial charge in [-0.25, -0.2) is 9.18 Å². The molecule has 2 amide bonds. The molecule has 0 saturated heterocycles. The maximum absolute atomic E-state index is 13.2. The minimum Gasteiger partial charge on any atom is -0.481 e. The molecule has 0 bridgehead atoms. The SMILES string of the molecule is CC(CCC(=O)O)CNC(=O)Nc1ccc(Cl)c(F)c1. The number of carboxylic acids is 1. The lowest BCUT2D eigenvalue weighted by Gasteiger charge is -2.12. The summed E-state index contributed by atoms with van der Waals surface area (Å²) in [5.41, 5.74) is 0.294. The fraction of sp³-hybridized carbons (Fsp3) is 0.385. The molecule has 1 atom stereocenters. The van der Waals surface area contributed by atoms with Gasteiger partial charge in [-0.3, -0.25) is 4.79 Å². The van der Waals surface area contributed by atoms with Crippen LogP contribution in [-0.2, 0) is 4.79 Å². The number of urea groups is 1. The van der Waals surface area contributed by atoms with Gasteiger partial charge in [-0.05, 0) is 30.5 Å². The highest BCUT2D eigenvalue weighted by atomic mass is 35.5. The quantitative estimate of drug-likeness (QED) is 0.755. The van der Waals surface area contributed by atoms with Crippen LogP contribution in [0.1, 0.15) is 19.8 Å². The van der Waals surface area contributed by atoms with Gasteiger partial charge in [0.15, 0.2) is 0 Å². The van der Waals surface area contributed by atoms with E-state index in [1.54, 1.807) is 0 Å². The summed E-state index contributed by atoms with van der Waals surface area (Å²) in [6.07, 6.45) is 0.540. The summed E-state index contributed by atoms with van der Waals surface area (Å²) >= 11 is 5.53. The Balaban J connectivity index is 2.36. The number of aliphatic carboxylic acids is 1. The predicted molar refractivity (Wildman–Crippen MR) is 74.5 cm³/mol. The molecule has 5 nitrogen and oxygen atoms in total. The van der Waals surface area contributed by atoms with Gasteiger partial charge in [0.2, 0.25) is 0 Å². The van der Waals surface area contributed by atoms with Crippen LogP contribution < -0.4 is 10.6 Å². The first-order valence-electron chi connectivity index (χ1n) is 6.10. The molecule has 7 heteroatoms. The molecule has 0 radical (unpaired) electrons. The third-order valence-corrected chi connectivity index (χ3v) is 2.95. The van der Waals surface area contributed by atoms with E-state index >= 15 is 0 Å². The smallest absolute Gasteiger partial charge is 0.319 e. The number of carboxylic acid groups (broad SMARTS) is 1. The van der Waals surface area contributed by atoms with Crippen LogP contribution in [0.25, 0.3) is 0 Å². The van der Waals surface area contributed by atoms with Crippen LogP contribution in [0.4, 0.5) is 14.9 Å². The first-order valence-corrected chi connectivity index (χ1v) is 6.48. The lowest BCUT2D eigenvalue weighted by atomic mass is 10.1. The number of nitrogens with one attached hydrogen (secondary N) is 2. The Morgan fingerprint density at radius 2 is 2.15 bits per heavy atom. The van der Waals surface area contributed by atoms with E-state index in [1.807, 2.05) is 6.92 Å². The molecule has 0 aliphatic rings. The van der Waals surface area contributed by atoms with Crippen LogP contribution in [0.15, 0.2) is 18.2 Å². The molecule has 1 unspecified atom stereocenters. The number of hydrogen-bond donors (Lipinski definition) is 3. The van der Waals surface area contributed by atoms with Crippen molar-refractivity contribution in [2.24, 2.45) is 5.92 Å². The van der Waals surface area contributed by atoms with Crippen molar-refractivity contribution in [3.05, 3.63) is 29.0 Å². The number of amides is 2. The molecule has 3 N–H and O–H groups in total. The minimum atomic E-state index is -0.863. The molecule has 0 heterocycles. The Bertz CT molecular complexity index is 497. The van der Waals surface area contributed by atoms with Gasteiger partial charge < -0.3 is 15.7 Å². The highest BCUT2D eigenvalue weighted by Crippen LogP contribution is 2.18. The summed E-state index contributed by atoms with van der Waals surface area (Å²) < 4.78 is 13.2. The zero-order valence-corrected chi connectivity index (χ0v) is 11.7. The van der Waals surface area contributed by atoms with E-state index < -0.39 is 17.8 Å². The molecule has 1 rings (SSSR count). The van der Waals surface area contributed by atoms with Crippen molar-refractivity contribution in [3.8, 4) is 0 Å². The summed E-state index contributed by atoms with van der Waals surface area (Å²) in [4.78, 5) is 22.0. The molecule has 0 fully saturated rings. The van der Waals surface area contributed by atoms with Gasteiger partial charge in [-0.15, -0.1) is 0 Å². The van der Waals surface area contributed by atoms with Crippen LogP contribution in [0.2, 0.25) is 5.02 Å². The second-order valence-corrected chi connectivity index (χ2v) is 4.91. The number of carbonyl (C=O) groups is 2. The van der Waals surface area contributed by atoms with E-state index in [9.17, 15) is 14.0 Å². The topological polar surface area (TPSA) is 78.4 Å². The van der Waals surface area contributed by atoms with E-state index in [2.05, 4.69) is 10.6 Å². The largest absolute Gasteiger partial charge is 0.481 e. The summed E-state index contributed by atoms with van der Waals surface area (Å²) in [6.45, 7) is 2.18. The van der Waals surface area contributed by atoms with Gasteiger partial charge in [0.25, 0.3) is 0 Å². The van der Waals surface area contributed by atoms with Crippen LogP contribution in [0, 0.1) is 11.7 Å². The van der Waals surface area contributed by atoms with Crippen molar-refractivity contribution in [3.63, 3.8) is 0 Å². The third-order valence-electron chi connectivity index (χ3n) is 2.64. The van der Waals surface area contributed by atoms with Gasteiger partial charge >= 0.3 is 12.0 Å². The fourth-order valence-electron chi connectivity index (χ4n) is 1.49. The van der Waals surface area contributed by atoms with E-state index in [0.717, 1.165) is 6.07 Å². The maximum Gasteiger partial charge on any atom is 0.319 e. The Morgan fingerprint density at radius 3 is 2.75 bits per heavy atom. The van der Waals surface area contributed by atoms with Gasteiger partial charge in [-0.1, -0.05) is 18.5 Å². The second kappa shape index (κ2) is 7.69. The zero-order valence-electron chi connectivity index (χ0n) is 11.0. The monoisotopic (exact) mass is 302 g/mol. The van der Waals surface area contributed by atoms with Crippen molar-refractivity contribution in [1.82, 2.24) is 5.32 Å². The van der Waals surface area contributed by atoms with Gasteiger partial charge in [0, 0.05) is 18.7 Å². The number of rotatable bonds is 6. The molecular weight excluding hydrogens is 287 g/mol. The molecule has 1 aromatic carbocycles. The van der Waals surface area contributed by atoms with Gasteiger partial charge in [-0.2, -0.15) is 0 Å². The van der Waals surface area contributed by atoms with Gasteiger partial charge in [0.05, 0.1) is 5.02 Å². The van der Waals surface area contributed by atoms with Crippen LogP contribution in [-0.4, -0.2) is 23.7 Å². The average Bonchev–Trinajstić information content (AvgIpc) is 2.38. The maximum atomic E-state index is 13.2. The third kappa shape index (κ3) is 5.88. The molecule has 0 aliphatic carbocycles. The molecule has 110 valence electrons. The van der Waals surface area contributed by atoms with Crippen molar-refractivity contribution in [1.29, 1.82) is 0 Å². The summed E-state index contributed by atoms with van der Waals surface area (Å²) in [7, 11) is 0. The Labute approximate surface area is 121 Å². The number of carbonyl (C=O) groups excluding carboxylic acids is 1. The molecule has 20 heavy (non-hydrogen) atoms. The van der Waals surface area contributed by atoms with Crippen molar-refractivity contribution in [2.45, 2.75) is 19.8 Å². The normalized spacial score (nSPS) is 11.8. The summed E-state index contributed by atoms with van der Waals surface area (Å²) in [6, 6.07) is 3.48. The lowest BCUT2D eigenvalue weighted by Crippen LogP contribution is -2.32. The summed E-state index contributed by atoms with van der Waals surface area (Å²) in [5.74, 6) is -1.43. The second-order valence-electron chi connectivity index (χ2n) is 4.50. The van der Waals surface area contributed by atoms with E-state index in [1.165, 1.54) is 12.1 Å². The average molecular weight is 303 g/mol. The van der Waals surface area contributed by atoms with Crippen LogP contribution in [0.5, 0.6) is 0 Å². The number of hydrogen-bond acceptors (Lipinski definition) is 2. The number of halogens is 2. The zero-order chi connectivity index (χ0) is 15.1. The lowest BCUT2D eigenvalue weighted by molar-refractivity contribution is -0.137. The highest BCUT2D eigenvalue weighted by Gasteiger charge is 2.08. The molecule has 0 spiro atoms. The molecule has 0 aromatic heterocycles. The Morgan fingerprint density at radius 1 is 1.45 bits per heavy atom. The van der Waals surface area contributed by atoms with E-state index in [-0.39, 0.29) is 17.4 Å². The molecule has 0 saturated carbocycles. The van der Waals surface area contributed by atoms with Crippen LogP contribution in [0.3, 0.4) is 0 Å².